The lowest BCUT2D eigenvalue weighted by atomic mass is 10.1. The van der Waals surface area contributed by atoms with Gasteiger partial charge in [-0.3, -0.25) is 0 Å². The van der Waals surface area contributed by atoms with Gasteiger partial charge in [0.05, 0.1) is 12.2 Å². The molecule has 0 N–H and O–H groups in total. The molecule has 0 amide bonds. The summed E-state index contributed by atoms with van der Waals surface area (Å²) < 4.78 is 11.6. The third-order valence-corrected chi connectivity index (χ3v) is 3.53. The van der Waals surface area contributed by atoms with E-state index in [1.165, 1.54) is 44.9 Å². The van der Waals surface area contributed by atoms with E-state index in [-0.39, 0.29) is 6.29 Å². The van der Waals surface area contributed by atoms with Gasteiger partial charge in [-0.25, -0.2) is 0 Å². The minimum atomic E-state index is 0.0458. The molecule has 1 fully saturated rings. The first-order valence-corrected chi connectivity index (χ1v) is 7.64. The van der Waals surface area contributed by atoms with Crippen LogP contribution in [0.2, 0.25) is 0 Å². The molecule has 2 nitrogen and oxygen atoms in total. The molecule has 0 aromatic rings. The highest BCUT2D eigenvalue weighted by Gasteiger charge is 2.24. The topological polar surface area (TPSA) is 18.5 Å². The number of ether oxygens (including phenoxy) is 2. The summed E-state index contributed by atoms with van der Waals surface area (Å²) in [6.45, 7) is 8.03. The van der Waals surface area contributed by atoms with Crippen LogP contribution >= 0.6 is 0 Å². The largest absolute Gasteiger partial charge is 0.350 e. The Kier molecular flexibility index (Phi) is 8.36. The molecule has 0 aliphatic carbocycles. The van der Waals surface area contributed by atoms with E-state index in [2.05, 4.69) is 20.4 Å². The average Bonchev–Trinajstić information content (AvgIpc) is 2.31. The number of hydrogen-bond acceptors (Lipinski definition) is 2. The first-order chi connectivity index (χ1) is 8.72. The Bertz CT molecular complexity index is 205. The minimum Gasteiger partial charge on any atom is -0.350 e. The van der Waals surface area contributed by atoms with Crippen LogP contribution in [0.1, 0.15) is 71.6 Å². The van der Waals surface area contributed by atoms with Crippen molar-refractivity contribution in [2.45, 2.75) is 90.1 Å². The van der Waals surface area contributed by atoms with Crippen molar-refractivity contribution in [2.75, 3.05) is 0 Å². The Morgan fingerprint density at radius 3 is 2.11 bits per heavy atom. The van der Waals surface area contributed by atoms with Gasteiger partial charge in [0.1, 0.15) is 0 Å². The second-order valence-electron chi connectivity index (χ2n) is 5.55. The molecule has 3 atom stereocenters. The Labute approximate surface area is 113 Å². The van der Waals surface area contributed by atoms with E-state index >= 15 is 0 Å². The molecule has 0 radical (unpaired) electrons. The normalized spacial score (nSPS) is 28.2. The van der Waals surface area contributed by atoms with Crippen LogP contribution in [-0.4, -0.2) is 18.5 Å². The molecule has 0 aromatic heterocycles. The van der Waals surface area contributed by atoms with Crippen molar-refractivity contribution in [2.24, 2.45) is 0 Å². The van der Waals surface area contributed by atoms with Crippen molar-refractivity contribution >= 4 is 0 Å². The summed E-state index contributed by atoms with van der Waals surface area (Å²) >= 11 is 0. The second kappa shape index (κ2) is 9.57. The first-order valence-electron chi connectivity index (χ1n) is 7.64. The van der Waals surface area contributed by atoms with E-state index in [0.29, 0.717) is 12.2 Å². The lowest BCUT2D eigenvalue weighted by Crippen LogP contribution is -2.35. The van der Waals surface area contributed by atoms with Gasteiger partial charge in [-0.1, -0.05) is 31.8 Å². The summed E-state index contributed by atoms with van der Waals surface area (Å²) in [5.41, 5.74) is 0. The smallest absolute Gasteiger partial charge is 0.158 e. The lowest BCUT2D eigenvalue weighted by Gasteiger charge is -2.32. The molecule has 2 heteroatoms. The fourth-order valence-electron chi connectivity index (χ4n) is 2.57. The third-order valence-electron chi connectivity index (χ3n) is 3.53. The average molecular weight is 254 g/mol. The minimum absolute atomic E-state index is 0.0458. The first kappa shape index (κ1) is 15.7. The zero-order valence-electron chi connectivity index (χ0n) is 12.2. The molecule has 18 heavy (non-hydrogen) atoms. The van der Waals surface area contributed by atoms with Gasteiger partial charge in [0.2, 0.25) is 0 Å². The number of rotatable bonds is 9. The molecule has 1 aliphatic heterocycles. The van der Waals surface area contributed by atoms with Crippen LogP contribution in [0.15, 0.2) is 12.7 Å². The second-order valence-corrected chi connectivity index (χ2v) is 5.55. The predicted octanol–water partition coefficient (Wildman–Crippen LogP) is 4.83. The van der Waals surface area contributed by atoms with Gasteiger partial charge >= 0.3 is 0 Å². The summed E-state index contributed by atoms with van der Waals surface area (Å²) in [6.07, 6.45) is 13.9. The molecule has 1 unspecified atom stereocenters. The van der Waals surface area contributed by atoms with Crippen LogP contribution in [0, 0.1) is 0 Å². The van der Waals surface area contributed by atoms with Crippen LogP contribution in [-0.2, 0) is 9.47 Å². The van der Waals surface area contributed by atoms with Crippen molar-refractivity contribution in [1.29, 1.82) is 0 Å². The summed E-state index contributed by atoms with van der Waals surface area (Å²) in [7, 11) is 0. The highest BCUT2D eigenvalue weighted by Crippen LogP contribution is 2.21. The van der Waals surface area contributed by atoms with E-state index in [0.717, 1.165) is 12.8 Å². The molecule has 106 valence electrons. The van der Waals surface area contributed by atoms with Crippen LogP contribution < -0.4 is 0 Å². The van der Waals surface area contributed by atoms with Crippen molar-refractivity contribution in [1.82, 2.24) is 0 Å². The number of hydrogen-bond donors (Lipinski definition) is 0. The van der Waals surface area contributed by atoms with Crippen LogP contribution in [0.3, 0.4) is 0 Å². The van der Waals surface area contributed by atoms with Crippen molar-refractivity contribution < 1.29 is 9.47 Å². The standard InChI is InChI=1S/C16H30O2/c1-4-5-6-7-8-9-10-11-12-16-17-14(2)13-15(3)18-16/h4,14-16H,1,5-13H2,2-3H3/t14-,15+,16?. The molecule has 0 aromatic carbocycles. The summed E-state index contributed by atoms with van der Waals surface area (Å²) in [4.78, 5) is 0. The van der Waals surface area contributed by atoms with Crippen LogP contribution in [0.4, 0.5) is 0 Å². The molecule has 1 rings (SSSR count). The summed E-state index contributed by atoms with van der Waals surface area (Å²) in [5, 5.41) is 0. The van der Waals surface area contributed by atoms with Crippen LogP contribution in [0.25, 0.3) is 0 Å². The molecular weight excluding hydrogens is 224 g/mol. The fourth-order valence-corrected chi connectivity index (χ4v) is 2.57. The Balaban J connectivity index is 1.92. The fraction of sp³-hybridized carbons (Fsp3) is 0.875. The highest BCUT2D eigenvalue weighted by molar-refractivity contribution is 4.66. The maximum Gasteiger partial charge on any atom is 0.158 e. The van der Waals surface area contributed by atoms with Gasteiger partial charge in [-0.2, -0.15) is 0 Å². The zero-order chi connectivity index (χ0) is 13.2. The van der Waals surface area contributed by atoms with Gasteiger partial charge in [0.25, 0.3) is 0 Å². The Morgan fingerprint density at radius 2 is 1.50 bits per heavy atom. The molecule has 1 saturated heterocycles. The van der Waals surface area contributed by atoms with Crippen molar-refractivity contribution in [3.05, 3.63) is 12.7 Å². The summed E-state index contributed by atoms with van der Waals surface area (Å²) in [6, 6.07) is 0. The molecule has 0 bridgehead atoms. The zero-order valence-corrected chi connectivity index (χ0v) is 12.2. The molecule has 0 saturated carbocycles. The van der Waals surface area contributed by atoms with E-state index in [1.54, 1.807) is 0 Å². The van der Waals surface area contributed by atoms with Gasteiger partial charge in [-0.15, -0.1) is 6.58 Å². The van der Waals surface area contributed by atoms with Gasteiger partial charge in [-0.05, 0) is 46.0 Å². The predicted molar refractivity (Wildman–Crippen MR) is 76.6 cm³/mol. The van der Waals surface area contributed by atoms with E-state index in [9.17, 15) is 0 Å². The van der Waals surface area contributed by atoms with Gasteiger partial charge in [0, 0.05) is 0 Å². The van der Waals surface area contributed by atoms with Crippen molar-refractivity contribution in [3.63, 3.8) is 0 Å². The number of allylic oxidation sites excluding steroid dienone is 1. The maximum atomic E-state index is 5.78. The SMILES string of the molecule is C=CCCCCCCCCC1O[C@H](C)C[C@H](C)O1. The molecule has 0 spiro atoms. The maximum absolute atomic E-state index is 5.78. The van der Waals surface area contributed by atoms with Crippen LogP contribution in [0.5, 0.6) is 0 Å². The Morgan fingerprint density at radius 1 is 0.944 bits per heavy atom. The quantitative estimate of drug-likeness (QED) is 0.433. The van der Waals surface area contributed by atoms with Gasteiger partial charge in [0.15, 0.2) is 6.29 Å². The van der Waals surface area contributed by atoms with E-state index in [1.807, 2.05) is 6.08 Å². The highest BCUT2D eigenvalue weighted by atomic mass is 16.7. The third kappa shape index (κ3) is 7.17. The van der Waals surface area contributed by atoms with E-state index < -0.39 is 0 Å². The lowest BCUT2D eigenvalue weighted by molar-refractivity contribution is -0.236. The molecule has 1 aliphatic rings. The number of unbranched alkanes of at least 4 members (excludes halogenated alkanes) is 6. The molecule has 1 heterocycles. The molecular formula is C16H30O2. The van der Waals surface area contributed by atoms with E-state index in [4.69, 9.17) is 9.47 Å². The monoisotopic (exact) mass is 254 g/mol. The Hall–Kier alpha value is -0.340. The van der Waals surface area contributed by atoms with Crippen molar-refractivity contribution in [3.8, 4) is 0 Å². The summed E-state index contributed by atoms with van der Waals surface area (Å²) in [5.74, 6) is 0. The van der Waals surface area contributed by atoms with Gasteiger partial charge < -0.3 is 9.47 Å².